The molecule has 2 aliphatic heterocycles. The minimum atomic E-state index is -0.802. The molecule has 2 fully saturated rings. The van der Waals surface area contributed by atoms with Gasteiger partial charge in [0.05, 0.1) is 5.69 Å². The second kappa shape index (κ2) is 7.89. The minimum Gasteiger partial charge on any atom is -0.478 e. The highest BCUT2D eigenvalue weighted by Crippen LogP contribution is 2.56. The number of allylic oxidation sites excluding steroid dienone is 1. The molecule has 1 aromatic heterocycles. The molecule has 1 saturated carbocycles. The third-order valence-corrected chi connectivity index (χ3v) is 8.56. The molecule has 2 unspecified atom stereocenters. The predicted molar refractivity (Wildman–Crippen MR) is 126 cm³/mol. The molecule has 1 aromatic carbocycles. The van der Waals surface area contributed by atoms with Gasteiger partial charge in [0.2, 0.25) is 0 Å². The van der Waals surface area contributed by atoms with Gasteiger partial charge in [-0.05, 0) is 54.2 Å². The summed E-state index contributed by atoms with van der Waals surface area (Å²) in [6.45, 7) is 9.32. The molecule has 2 aromatic rings. The largest absolute Gasteiger partial charge is 0.478 e. The molecule has 2 atom stereocenters. The van der Waals surface area contributed by atoms with Crippen molar-refractivity contribution in [3.8, 4) is 0 Å². The average Bonchev–Trinajstić information content (AvgIpc) is 2.73. The summed E-state index contributed by atoms with van der Waals surface area (Å²) < 4.78 is 0. The fourth-order valence-corrected chi connectivity index (χ4v) is 7.03. The van der Waals surface area contributed by atoms with Crippen LogP contribution in [0.5, 0.6) is 0 Å². The number of benzene rings is 1. The third kappa shape index (κ3) is 3.82. The van der Waals surface area contributed by atoms with Crippen LogP contribution in [0.25, 0.3) is 0 Å². The van der Waals surface area contributed by atoms with E-state index in [0.717, 1.165) is 49.0 Å². The van der Waals surface area contributed by atoms with E-state index in [1.54, 1.807) is 31.1 Å². The molecule has 5 rings (SSSR count). The van der Waals surface area contributed by atoms with Gasteiger partial charge in [-0.15, -0.1) is 0 Å². The number of aliphatic carboxylic acids is 1. The Bertz CT molecular complexity index is 1080. The number of nitrogens with zero attached hydrogens (tertiary/aromatic N) is 3. The van der Waals surface area contributed by atoms with Gasteiger partial charge in [-0.1, -0.05) is 44.2 Å². The molecular formula is C25H30N4O2S. The molecule has 0 radical (unpaired) electrons. The number of aromatic nitrogens is 2. The zero-order valence-electron chi connectivity index (χ0n) is 18.9. The van der Waals surface area contributed by atoms with Crippen LogP contribution in [0.15, 0.2) is 52.2 Å². The van der Waals surface area contributed by atoms with Gasteiger partial charge in [-0.25, -0.2) is 14.8 Å². The van der Waals surface area contributed by atoms with Gasteiger partial charge in [0, 0.05) is 42.5 Å². The summed E-state index contributed by atoms with van der Waals surface area (Å²) in [5.41, 5.74) is 3.04. The van der Waals surface area contributed by atoms with Crippen LogP contribution in [0, 0.1) is 16.7 Å². The molecule has 3 heterocycles. The van der Waals surface area contributed by atoms with E-state index in [-0.39, 0.29) is 10.8 Å². The number of carboxylic acids is 1. The number of rotatable bonds is 4. The second-order valence-electron chi connectivity index (χ2n) is 10.2. The van der Waals surface area contributed by atoms with Crippen molar-refractivity contribution < 1.29 is 9.90 Å². The number of nitrogens with one attached hydrogen (secondary N) is 1. The molecule has 0 spiro atoms. The molecule has 2 N–H and O–H groups in total. The summed E-state index contributed by atoms with van der Waals surface area (Å²) >= 11 is 1.65. The van der Waals surface area contributed by atoms with Gasteiger partial charge >= 0.3 is 5.97 Å². The topological polar surface area (TPSA) is 78.3 Å². The average molecular weight is 451 g/mol. The number of fused-ring (bicyclic) bond motifs is 4. The fraction of sp³-hybridized carbons (Fsp3) is 0.480. The molecule has 1 saturated heterocycles. The van der Waals surface area contributed by atoms with Crippen LogP contribution in [-0.4, -0.2) is 39.0 Å². The van der Waals surface area contributed by atoms with E-state index in [2.05, 4.69) is 58.3 Å². The number of carbonyl (C=O) groups is 1. The van der Waals surface area contributed by atoms with Crippen LogP contribution in [0.2, 0.25) is 0 Å². The van der Waals surface area contributed by atoms with Crippen LogP contribution in [0.4, 0.5) is 11.5 Å². The Morgan fingerprint density at radius 1 is 1.25 bits per heavy atom. The smallest absolute Gasteiger partial charge is 0.330 e. The predicted octanol–water partition coefficient (Wildman–Crippen LogP) is 5.34. The minimum absolute atomic E-state index is 0.0960. The standard InChI is InChI=1S/C25H30N4O2S/c1-16(23(30)31)11-20-24(2)7-4-8-25(20,3)15-29(14-24)13-17-5-6-19-18(12-17)28-21-22(32-19)27-10-9-26-21/h5-6,9-12,20H,4,7-8,13-15H2,1-3H3,(H,26,28)(H,30,31)/b16-11+. The lowest BCUT2D eigenvalue weighted by atomic mass is 9.53. The second-order valence-corrected chi connectivity index (χ2v) is 11.2. The Balaban J connectivity index is 1.37. The van der Waals surface area contributed by atoms with Crippen molar-refractivity contribution >= 4 is 29.2 Å². The SMILES string of the molecule is C/C(=C\C1C2(C)CCCC1(C)CN(Cc1ccc3c(c1)Nc1nccnc1S3)C2)C(=O)O. The first-order chi connectivity index (χ1) is 15.3. The van der Waals surface area contributed by atoms with Crippen molar-refractivity contribution in [1.29, 1.82) is 0 Å². The first-order valence-corrected chi connectivity index (χ1v) is 12.1. The number of piperidine rings is 1. The normalized spacial score (nSPS) is 29.6. The summed E-state index contributed by atoms with van der Waals surface area (Å²) in [7, 11) is 0. The van der Waals surface area contributed by atoms with Gasteiger partial charge in [-0.2, -0.15) is 0 Å². The van der Waals surface area contributed by atoms with Gasteiger partial charge in [0.1, 0.15) is 5.03 Å². The van der Waals surface area contributed by atoms with Crippen LogP contribution >= 0.6 is 11.8 Å². The number of hydrogen-bond acceptors (Lipinski definition) is 6. The lowest BCUT2D eigenvalue weighted by molar-refractivity contribution is -0.132. The molecule has 1 aliphatic carbocycles. The van der Waals surface area contributed by atoms with E-state index in [0.29, 0.717) is 11.5 Å². The van der Waals surface area contributed by atoms with Crippen LogP contribution in [-0.2, 0) is 11.3 Å². The highest BCUT2D eigenvalue weighted by atomic mass is 32.2. The lowest BCUT2D eigenvalue weighted by Crippen LogP contribution is -2.58. The maximum atomic E-state index is 11.5. The zero-order valence-corrected chi connectivity index (χ0v) is 19.7. The first kappa shape index (κ1) is 21.5. The highest BCUT2D eigenvalue weighted by molar-refractivity contribution is 7.99. The van der Waals surface area contributed by atoms with Crippen LogP contribution < -0.4 is 5.32 Å². The van der Waals surface area contributed by atoms with E-state index in [9.17, 15) is 9.90 Å². The van der Waals surface area contributed by atoms with E-state index in [1.165, 1.54) is 16.9 Å². The van der Waals surface area contributed by atoms with Gasteiger partial charge in [-0.3, -0.25) is 4.90 Å². The number of carboxylic acid groups (broad SMARTS) is 1. The molecule has 3 aliphatic rings. The Hall–Kier alpha value is -2.38. The fourth-order valence-electron chi connectivity index (χ4n) is 6.15. The maximum Gasteiger partial charge on any atom is 0.330 e. The summed E-state index contributed by atoms with van der Waals surface area (Å²) in [6.07, 6.45) is 9.00. The van der Waals surface area contributed by atoms with E-state index < -0.39 is 5.97 Å². The van der Waals surface area contributed by atoms with Gasteiger partial charge in [0.15, 0.2) is 5.82 Å². The van der Waals surface area contributed by atoms with E-state index >= 15 is 0 Å². The van der Waals surface area contributed by atoms with Crippen molar-refractivity contribution in [3.05, 3.63) is 47.8 Å². The first-order valence-electron chi connectivity index (χ1n) is 11.3. The summed E-state index contributed by atoms with van der Waals surface area (Å²) in [4.78, 5) is 24.1. The van der Waals surface area contributed by atoms with Crippen molar-refractivity contribution in [2.45, 2.75) is 56.5 Å². The molecule has 168 valence electrons. The Kier molecular flexibility index (Phi) is 5.29. The van der Waals surface area contributed by atoms with Crippen molar-refractivity contribution in [1.82, 2.24) is 14.9 Å². The Morgan fingerprint density at radius 2 is 1.97 bits per heavy atom. The van der Waals surface area contributed by atoms with Crippen molar-refractivity contribution in [3.63, 3.8) is 0 Å². The van der Waals surface area contributed by atoms with Crippen molar-refractivity contribution in [2.75, 3.05) is 18.4 Å². The summed E-state index contributed by atoms with van der Waals surface area (Å²) in [5, 5.41) is 13.8. The van der Waals surface area contributed by atoms with Gasteiger partial charge in [0.25, 0.3) is 0 Å². The molecular weight excluding hydrogens is 420 g/mol. The maximum absolute atomic E-state index is 11.5. The number of anilines is 2. The Labute approximate surface area is 193 Å². The number of likely N-dealkylation sites (tertiary alicyclic amines) is 1. The van der Waals surface area contributed by atoms with E-state index in [4.69, 9.17) is 0 Å². The zero-order chi connectivity index (χ0) is 22.5. The summed E-state index contributed by atoms with van der Waals surface area (Å²) in [5.74, 6) is 0.314. The quantitative estimate of drug-likeness (QED) is 0.519. The van der Waals surface area contributed by atoms with Crippen LogP contribution in [0.3, 0.4) is 0 Å². The third-order valence-electron chi connectivity index (χ3n) is 7.50. The van der Waals surface area contributed by atoms with Crippen molar-refractivity contribution in [2.24, 2.45) is 16.7 Å². The van der Waals surface area contributed by atoms with Crippen LogP contribution in [0.1, 0.15) is 45.6 Å². The monoisotopic (exact) mass is 450 g/mol. The van der Waals surface area contributed by atoms with E-state index in [1.807, 2.05) is 0 Å². The van der Waals surface area contributed by atoms with Gasteiger partial charge < -0.3 is 10.4 Å². The molecule has 7 heteroatoms. The molecule has 32 heavy (non-hydrogen) atoms. The molecule has 0 amide bonds. The molecule has 2 bridgehead atoms. The summed E-state index contributed by atoms with van der Waals surface area (Å²) in [6, 6.07) is 6.63. The number of hydrogen-bond donors (Lipinski definition) is 2. The lowest BCUT2D eigenvalue weighted by Gasteiger charge is -2.59. The highest BCUT2D eigenvalue weighted by Gasteiger charge is 2.52. The molecule has 6 nitrogen and oxygen atoms in total. The Morgan fingerprint density at radius 3 is 2.69 bits per heavy atom.